The Morgan fingerprint density at radius 1 is 0.926 bits per heavy atom. The maximum absolute atomic E-state index is 6.27. The van der Waals surface area contributed by atoms with Gasteiger partial charge in [-0.15, -0.1) is 0 Å². The molecule has 0 aliphatic rings. The molecule has 4 rings (SSSR count). The van der Waals surface area contributed by atoms with E-state index in [2.05, 4.69) is 71.0 Å². The number of rotatable bonds is 4. The third-order valence-corrected chi connectivity index (χ3v) is 5.10. The van der Waals surface area contributed by atoms with Crippen molar-refractivity contribution >= 4 is 22.1 Å². The number of nitrogens with zero attached hydrogens (tertiary/aromatic N) is 2. The first-order valence-electron chi connectivity index (χ1n) is 9.72. The average Bonchev–Trinajstić information content (AvgIpc) is 2.98. The molecule has 4 aromatic rings. The molecule has 0 N–H and O–H groups in total. The lowest BCUT2D eigenvalue weighted by Crippen LogP contribution is -1.96. The summed E-state index contributed by atoms with van der Waals surface area (Å²) in [6, 6.07) is 12.8. The van der Waals surface area contributed by atoms with Crippen molar-refractivity contribution in [3.05, 3.63) is 59.4 Å². The Morgan fingerprint density at radius 2 is 1.70 bits per heavy atom. The lowest BCUT2D eigenvalue weighted by Gasteiger charge is -2.09. The fraction of sp³-hybridized carbons (Fsp3) is 0.333. The van der Waals surface area contributed by atoms with Crippen LogP contribution in [-0.4, -0.2) is 9.97 Å². The first-order chi connectivity index (χ1) is 12.9. The van der Waals surface area contributed by atoms with E-state index < -0.39 is 0 Å². The van der Waals surface area contributed by atoms with Gasteiger partial charge < -0.3 is 4.42 Å². The number of pyridine rings is 2. The molecule has 0 atom stereocenters. The van der Waals surface area contributed by atoms with E-state index >= 15 is 0 Å². The van der Waals surface area contributed by atoms with E-state index in [1.165, 1.54) is 5.56 Å². The second-order valence-electron chi connectivity index (χ2n) is 8.12. The predicted molar refractivity (Wildman–Crippen MR) is 112 cm³/mol. The van der Waals surface area contributed by atoms with Gasteiger partial charge in [0.15, 0.2) is 0 Å². The molecule has 27 heavy (non-hydrogen) atoms. The summed E-state index contributed by atoms with van der Waals surface area (Å²) in [5.74, 6) is 1.04. The lowest BCUT2D eigenvalue weighted by molar-refractivity contribution is 0.621. The van der Waals surface area contributed by atoms with Crippen LogP contribution in [0.2, 0.25) is 0 Å². The minimum atomic E-state index is 0.471. The fourth-order valence-electron chi connectivity index (χ4n) is 3.60. The van der Waals surface area contributed by atoms with Gasteiger partial charge in [0, 0.05) is 28.2 Å². The summed E-state index contributed by atoms with van der Waals surface area (Å²) in [4.78, 5) is 9.50. The van der Waals surface area contributed by atoms with E-state index in [1.807, 2.05) is 6.20 Å². The van der Waals surface area contributed by atoms with E-state index in [0.29, 0.717) is 17.5 Å². The molecule has 0 fully saturated rings. The van der Waals surface area contributed by atoms with Crippen LogP contribution >= 0.6 is 0 Å². The molecule has 1 aromatic carbocycles. The van der Waals surface area contributed by atoms with Crippen LogP contribution in [0.25, 0.3) is 33.3 Å². The van der Waals surface area contributed by atoms with Crippen molar-refractivity contribution in [2.75, 3.05) is 0 Å². The second-order valence-corrected chi connectivity index (χ2v) is 8.12. The van der Waals surface area contributed by atoms with Gasteiger partial charge in [0.25, 0.3) is 0 Å². The van der Waals surface area contributed by atoms with Gasteiger partial charge in [0.05, 0.1) is 5.69 Å². The maximum atomic E-state index is 6.27. The highest BCUT2D eigenvalue weighted by molar-refractivity contribution is 6.08. The molecule has 0 unspecified atom stereocenters. The molecule has 0 saturated heterocycles. The summed E-state index contributed by atoms with van der Waals surface area (Å²) < 4.78 is 6.27. The second kappa shape index (κ2) is 6.80. The molecule has 0 spiro atoms. The minimum Gasteiger partial charge on any atom is -0.437 e. The molecule has 0 saturated carbocycles. The summed E-state index contributed by atoms with van der Waals surface area (Å²) in [5.41, 5.74) is 7.09. The number of aryl methyl sites for hydroxylation is 1. The highest BCUT2D eigenvalue weighted by atomic mass is 16.3. The lowest BCUT2D eigenvalue weighted by atomic mass is 9.99. The monoisotopic (exact) mass is 358 g/mol. The normalized spacial score (nSPS) is 12.0. The number of hydrogen-bond donors (Lipinski definition) is 0. The van der Waals surface area contributed by atoms with Gasteiger partial charge in [-0.1, -0.05) is 45.9 Å². The number of furan rings is 1. The minimum absolute atomic E-state index is 0.471. The molecule has 0 aliphatic heterocycles. The van der Waals surface area contributed by atoms with Crippen molar-refractivity contribution in [1.82, 2.24) is 9.97 Å². The van der Waals surface area contributed by atoms with Gasteiger partial charge >= 0.3 is 0 Å². The summed E-state index contributed by atoms with van der Waals surface area (Å²) in [7, 11) is 0. The van der Waals surface area contributed by atoms with Gasteiger partial charge in [-0.25, -0.2) is 4.98 Å². The quantitative estimate of drug-likeness (QED) is 0.409. The zero-order chi connectivity index (χ0) is 19.1. The van der Waals surface area contributed by atoms with Crippen molar-refractivity contribution in [1.29, 1.82) is 0 Å². The van der Waals surface area contributed by atoms with Gasteiger partial charge in [-0.3, -0.25) is 4.98 Å². The van der Waals surface area contributed by atoms with Crippen molar-refractivity contribution in [2.24, 2.45) is 5.92 Å². The van der Waals surface area contributed by atoms with Gasteiger partial charge in [-0.05, 0) is 54.5 Å². The molecule has 3 heterocycles. The molecule has 0 radical (unpaired) electrons. The maximum Gasteiger partial charge on any atom is 0.227 e. The van der Waals surface area contributed by atoms with Crippen LogP contribution < -0.4 is 0 Å². The zero-order valence-corrected chi connectivity index (χ0v) is 16.7. The van der Waals surface area contributed by atoms with Crippen LogP contribution in [0.4, 0.5) is 0 Å². The third kappa shape index (κ3) is 3.23. The summed E-state index contributed by atoms with van der Waals surface area (Å²) >= 11 is 0. The predicted octanol–water partition coefficient (Wildman–Crippen LogP) is 6.67. The molecular weight excluding hydrogens is 332 g/mol. The Balaban J connectivity index is 1.90. The number of benzene rings is 1. The molecule has 0 amide bonds. The third-order valence-electron chi connectivity index (χ3n) is 5.10. The number of fused-ring (bicyclic) bond motifs is 3. The first kappa shape index (κ1) is 17.7. The van der Waals surface area contributed by atoms with Crippen LogP contribution in [0.15, 0.2) is 47.0 Å². The molecule has 0 bridgehead atoms. The first-order valence-corrected chi connectivity index (χ1v) is 9.72. The Bertz CT molecular complexity index is 1100. The van der Waals surface area contributed by atoms with E-state index in [4.69, 9.17) is 14.4 Å². The fourth-order valence-corrected chi connectivity index (χ4v) is 3.60. The Kier molecular flexibility index (Phi) is 4.47. The summed E-state index contributed by atoms with van der Waals surface area (Å²) in [6.07, 6.45) is 2.93. The van der Waals surface area contributed by atoms with E-state index in [-0.39, 0.29) is 0 Å². The van der Waals surface area contributed by atoms with Crippen LogP contribution in [0.5, 0.6) is 0 Å². The van der Waals surface area contributed by atoms with Crippen molar-refractivity contribution in [3.63, 3.8) is 0 Å². The van der Waals surface area contributed by atoms with Crippen molar-refractivity contribution < 1.29 is 4.42 Å². The van der Waals surface area contributed by atoms with Gasteiger partial charge in [0.1, 0.15) is 5.58 Å². The SMILES string of the molecule is Cc1ccc2c(oc3nc(CC(C)C)ccc32)c1-c1ccc(C(C)C)cn1. The summed E-state index contributed by atoms with van der Waals surface area (Å²) in [5, 5.41) is 2.17. The topological polar surface area (TPSA) is 38.9 Å². The molecular formula is C24H26N2O. The highest BCUT2D eigenvalue weighted by Gasteiger charge is 2.17. The summed E-state index contributed by atoms with van der Waals surface area (Å²) in [6.45, 7) is 10.9. The molecule has 3 nitrogen and oxygen atoms in total. The van der Waals surface area contributed by atoms with Crippen molar-refractivity contribution in [3.8, 4) is 11.3 Å². The van der Waals surface area contributed by atoms with Gasteiger partial charge in [0.2, 0.25) is 5.71 Å². The molecule has 3 heteroatoms. The average molecular weight is 358 g/mol. The van der Waals surface area contributed by atoms with Crippen molar-refractivity contribution in [2.45, 2.75) is 47.0 Å². The smallest absolute Gasteiger partial charge is 0.227 e. The Labute approximate surface area is 160 Å². The van der Waals surface area contributed by atoms with Crippen LogP contribution in [0.1, 0.15) is 50.4 Å². The van der Waals surface area contributed by atoms with Gasteiger partial charge in [-0.2, -0.15) is 0 Å². The number of aromatic nitrogens is 2. The van der Waals surface area contributed by atoms with Crippen LogP contribution in [-0.2, 0) is 6.42 Å². The highest BCUT2D eigenvalue weighted by Crippen LogP contribution is 2.37. The Morgan fingerprint density at radius 3 is 2.37 bits per heavy atom. The van der Waals surface area contributed by atoms with E-state index in [1.54, 1.807) is 0 Å². The Hall–Kier alpha value is -2.68. The largest absolute Gasteiger partial charge is 0.437 e. The number of hydrogen-bond acceptors (Lipinski definition) is 3. The van der Waals surface area contributed by atoms with E-state index in [9.17, 15) is 0 Å². The molecule has 3 aromatic heterocycles. The molecule has 0 aliphatic carbocycles. The standard InChI is InChI=1S/C24H26N2O/c1-14(2)12-18-8-10-20-19-9-6-16(5)22(23(19)27-24(20)26-18)21-11-7-17(13-25-21)15(3)4/h6-11,13-15H,12H2,1-5H3. The van der Waals surface area contributed by atoms with Crippen LogP contribution in [0, 0.1) is 12.8 Å². The molecule has 138 valence electrons. The van der Waals surface area contributed by atoms with E-state index in [0.717, 1.165) is 45.3 Å². The zero-order valence-electron chi connectivity index (χ0n) is 16.7. The van der Waals surface area contributed by atoms with Crippen LogP contribution in [0.3, 0.4) is 0 Å².